The predicted octanol–water partition coefficient (Wildman–Crippen LogP) is 3.16. The summed E-state index contributed by atoms with van der Waals surface area (Å²) in [6.07, 6.45) is 0. The zero-order chi connectivity index (χ0) is 9.72. The Bertz CT molecular complexity index is 216. The normalized spacial score (nSPS) is 8.46. The second-order valence-corrected chi connectivity index (χ2v) is 4.49. The smallest absolute Gasteiger partial charge is 0.199 e. The number of aryl methyl sites for hydroxylation is 2. The molecule has 71 valence electrons. The van der Waals surface area contributed by atoms with E-state index in [-0.39, 0.29) is 21.7 Å². The summed E-state index contributed by atoms with van der Waals surface area (Å²) in [7, 11) is 0.750. The maximum Gasteiger partial charge on any atom is 2.00 e. The van der Waals surface area contributed by atoms with Gasteiger partial charge in [-0.15, -0.1) is 0 Å². The third-order valence-corrected chi connectivity index (χ3v) is 2.18. The van der Waals surface area contributed by atoms with Gasteiger partial charge in [0.1, 0.15) is 0 Å². The molecular weight excluding hydrogens is 208 g/mol. The summed E-state index contributed by atoms with van der Waals surface area (Å²) in [5.41, 5.74) is 5.75. The van der Waals surface area contributed by atoms with E-state index < -0.39 is 0 Å². The maximum absolute atomic E-state index is 2.24. The standard InChI is InChI=1S/C9H13.C2H7Si.Ti/c1-6-5-7(2)9(4)8(6)3;1-3-2;/h5H,1-4H3;3H,1-2H3;/q-1;;+2. The van der Waals surface area contributed by atoms with E-state index in [1.165, 1.54) is 22.3 Å². The quantitative estimate of drug-likeness (QED) is 0.472. The molecule has 0 nitrogen and oxygen atoms in total. The molecule has 0 atom stereocenters. The first kappa shape index (κ1) is 15.7. The molecule has 0 aromatic heterocycles. The Balaban J connectivity index is 0. The molecule has 13 heavy (non-hydrogen) atoms. The van der Waals surface area contributed by atoms with Gasteiger partial charge in [0.25, 0.3) is 0 Å². The minimum atomic E-state index is 0. The zero-order valence-electron chi connectivity index (χ0n) is 9.65. The van der Waals surface area contributed by atoms with E-state index in [9.17, 15) is 0 Å². The first-order valence-electron chi connectivity index (χ1n) is 4.48. The van der Waals surface area contributed by atoms with E-state index in [4.69, 9.17) is 0 Å². The first-order chi connectivity index (χ1) is 5.54. The van der Waals surface area contributed by atoms with Gasteiger partial charge in [0.2, 0.25) is 0 Å². The number of hydrogen-bond acceptors (Lipinski definition) is 0. The SMILES string of the molecule is C[SiH]C.Cc1c[c-](C)c(C)c1C.[Ti+2]. The van der Waals surface area contributed by atoms with Crippen LogP contribution in [-0.2, 0) is 21.7 Å². The van der Waals surface area contributed by atoms with Gasteiger partial charge in [-0.1, -0.05) is 40.8 Å². The fourth-order valence-corrected chi connectivity index (χ4v) is 1.13. The summed E-state index contributed by atoms with van der Waals surface area (Å²) >= 11 is 0. The molecule has 1 aromatic rings. The van der Waals surface area contributed by atoms with Crippen molar-refractivity contribution in [3.05, 3.63) is 28.3 Å². The van der Waals surface area contributed by atoms with Gasteiger partial charge >= 0.3 is 21.7 Å². The molecular formula is C11H20SiTi+. The van der Waals surface area contributed by atoms with Gasteiger partial charge < -0.3 is 0 Å². The molecule has 0 aliphatic heterocycles. The molecule has 0 aliphatic carbocycles. The van der Waals surface area contributed by atoms with E-state index in [0.717, 1.165) is 9.52 Å². The van der Waals surface area contributed by atoms with Crippen LogP contribution in [0.25, 0.3) is 0 Å². The van der Waals surface area contributed by atoms with Crippen LogP contribution in [0.5, 0.6) is 0 Å². The van der Waals surface area contributed by atoms with Crippen molar-refractivity contribution in [3.63, 3.8) is 0 Å². The van der Waals surface area contributed by atoms with Crippen molar-refractivity contribution in [2.24, 2.45) is 0 Å². The molecule has 0 amide bonds. The summed E-state index contributed by atoms with van der Waals surface area (Å²) in [5, 5.41) is 0. The van der Waals surface area contributed by atoms with Gasteiger partial charge in [-0.2, -0.15) is 28.3 Å². The van der Waals surface area contributed by atoms with Crippen LogP contribution in [0.4, 0.5) is 0 Å². The van der Waals surface area contributed by atoms with Crippen LogP contribution in [0.2, 0.25) is 13.1 Å². The second kappa shape index (κ2) is 7.66. The molecule has 0 spiro atoms. The van der Waals surface area contributed by atoms with Gasteiger partial charge in [0.15, 0.2) is 0 Å². The van der Waals surface area contributed by atoms with Crippen molar-refractivity contribution in [3.8, 4) is 0 Å². The minimum absolute atomic E-state index is 0. The Morgan fingerprint density at radius 3 is 1.62 bits per heavy atom. The largest absolute Gasteiger partial charge is 2.00 e. The van der Waals surface area contributed by atoms with E-state index in [0.29, 0.717) is 0 Å². The minimum Gasteiger partial charge on any atom is -0.199 e. The molecule has 2 heteroatoms. The number of rotatable bonds is 0. The van der Waals surface area contributed by atoms with Gasteiger partial charge in [-0.25, -0.2) is 0 Å². The average Bonchev–Trinajstić information content (AvgIpc) is 2.20. The van der Waals surface area contributed by atoms with Crippen molar-refractivity contribution in [1.82, 2.24) is 0 Å². The Labute approximate surface area is 100 Å². The van der Waals surface area contributed by atoms with Crippen LogP contribution in [0.1, 0.15) is 22.3 Å². The molecule has 0 bridgehead atoms. The van der Waals surface area contributed by atoms with Gasteiger partial charge in [0, 0.05) is 9.52 Å². The monoisotopic (exact) mass is 228 g/mol. The topological polar surface area (TPSA) is 0 Å². The molecule has 1 aromatic carbocycles. The third-order valence-electron chi connectivity index (χ3n) is 2.18. The zero-order valence-corrected chi connectivity index (χ0v) is 12.4. The van der Waals surface area contributed by atoms with Gasteiger partial charge in [-0.3, -0.25) is 0 Å². The average molecular weight is 228 g/mol. The molecule has 0 saturated heterocycles. The van der Waals surface area contributed by atoms with Crippen LogP contribution in [0, 0.1) is 27.7 Å². The molecule has 0 saturated carbocycles. The van der Waals surface area contributed by atoms with Gasteiger partial charge in [-0.05, 0) is 0 Å². The van der Waals surface area contributed by atoms with Crippen molar-refractivity contribution < 1.29 is 21.7 Å². The van der Waals surface area contributed by atoms with Crippen LogP contribution in [-0.4, -0.2) is 9.52 Å². The summed E-state index contributed by atoms with van der Waals surface area (Å²) in [6, 6.07) is 2.24. The van der Waals surface area contributed by atoms with E-state index in [1.807, 2.05) is 0 Å². The summed E-state index contributed by atoms with van der Waals surface area (Å²) in [4.78, 5) is 0. The third kappa shape index (κ3) is 4.90. The second-order valence-electron chi connectivity index (χ2n) is 3.34. The maximum atomic E-state index is 2.24. The summed E-state index contributed by atoms with van der Waals surface area (Å²) in [5.74, 6) is 0. The Morgan fingerprint density at radius 1 is 1.15 bits per heavy atom. The van der Waals surface area contributed by atoms with E-state index in [1.54, 1.807) is 0 Å². The van der Waals surface area contributed by atoms with Crippen molar-refractivity contribution in [1.29, 1.82) is 0 Å². The van der Waals surface area contributed by atoms with Crippen LogP contribution >= 0.6 is 0 Å². The first-order valence-corrected chi connectivity index (χ1v) is 6.79. The van der Waals surface area contributed by atoms with Crippen molar-refractivity contribution in [2.75, 3.05) is 0 Å². The van der Waals surface area contributed by atoms with Crippen molar-refractivity contribution >= 4 is 9.52 Å². The van der Waals surface area contributed by atoms with Gasteiger partial charge in [0.05, 0.1) is 0 Å². The Morgan fingerprint density at radius 2 is 1.54 bits per heavy atom. The van der Waals surface area contributed by atoms with E-state index >= 15 is 0 Å². The molecule has 0 heterocycles. The van der Waals surface area contributed by atoms with Crippen LogP contribution in [0.3, 0.4) is 0 Å². The molecule has 0 unspecified atom stereocenters. The Kier molecular flexibility index (Phi) is 9.28. The fourth-order valence-electron chi connectivity index (χ4n) is 1.13. The van der Waals surface area contributed by atoms with Crippen LogP contribution in [0.15, 0.2) is 6.07 Å². The molecule has 0 fully saturated rings. The van der Waals surface area contributed by atoms with E-state index in [2.05, 4.69) is 46.9 Å². The fraction of sp³-hybridized carbons (Fsp3) is 0.545. The Hall–Kier alpha value is 0.281. The summed E-state index contributed by atoms with van der Waals surface area (Å²) in [6.45, 7) is 13.1. The number of hydrogen-bond donors (Lipinski definition) is 0. The molecule has 0 aliphatic rings. The predicted molar refractivity (Wildman–Crippen MR) is 59.9 cm³/mol. The molecule has 1 rings (SSSR count). The molecule has 1 radical (unpaired) electrons. The van der Waals surface area contributed by atoms with Crippen LogP contribution < -0.4 is 0 Å². The van der Waals surface area contributed by atoms with Crippen molar-refractivity contribution in [2.45, 2.75) is 40.8 Å². The molecule has 0 N–H and O–H groups in total. The summed E-state index contributed by atoms with van der Waals surface area (Å²) < 4.78 is 0.